The van der Waals surface area contributed by atoms with Crippen LogP contribution in [-0.2, 0) is 4.79 Å². The number of aliphatic carboxylic acids is 1. The van der Waals surface area contributed by atoms with Gasteiger partial charge in [0.15, 0.2) is 0 Å². The van der Waals surface area contributed by atoms with Gasteiger partial charge in [0.1, 0.15) is 0 Å². The maximum Gasteiger partial charge on any atom is 0.312 e. The van der Waals surface area contributed by atoms with Crippen molar-refractivity contribution in [2.24, 2.45) is 0 Å². The Labute approximate surface area is 126 Å². The van der Waals surface area contributed by atoms with E-state index in [0.717, 1.165) is 18.7 Å². The van der Waals surface area contributed by atoms with Crippen LogP contribution in [0.25, 0.3) is 0 Å². The molecule has 2 aliphatic heterocycles. The smallest absolute Gasteiger partial charge is 0.312 e. The highest BCUT2D eigenvalue weighted by molar-refractivity contribution is 5.76. The summed E-state index contributed by atoms with van der Waals surface area (Å²) in [5.74, 6) is -1.13. The van der Waals surface area contributed by atoms with E-state index in [1.54, 1.807) is 0 Å². The third kappa shape index (κ3) is 3.44. The molecule has 0 saturated carbocycles. The maximum atomic E-state index is 11.6. The Morgan fingerprint density at radius 3 is 2.57 bits per heavy atom. The Bertz CT molecular complexity index is 471. The van der Waals surface area contributed by atoms with Crippen LogP contribution in [0.2, 0.25) is 0 Å². The molecule has 0 aromatic heterocycles. The molecule has 1 aromatic carbocycles. The molecule has 2 aliphatic rings. The lowest BCUT2D eigenvalue weighted by molar-refractivity contribution is -0.139. The van der Waals surface area contributed by atoms with Gasteiger partial charge in [-0.05, 0) is 44.5 Å². The summed E-state index contributed by atoms with van der Waals surface area (Å²) in [4.78, 5) is 16.5. The Balaban J connectivity index is 1.61. The molecule has 4 heteroatoms. The van der Waals surface area contributed by atoms with Gasteiger partial charge >= 0.3 is 5.97 Å². The van der Waals surface area contributed by atoms with Crippen LogP contribution in [0.3, 0.4) is 0 Å². The zero-order valence-corrected chi connectivity index (χ0v) is 12.4. The van der Waals surface area contributed by atoms with Crippen LogP contribution in [0, 0.1) is 0 Å². The first-order chi connectivity index (χ1) is 10.2. The molecule has 0 aliphatic carbocycles. The van der Waals surface area contributed by atoms with Crippen LogP contribution >= 0.6 is 0 Å². The largest absolute Gasteiger partial charge is 0.481 e. The molecule has 2 saturated heterocycles. The normalized spacial score (nSPS) is 25.2. The van der Waals surface area contributed by atoms with Gasteiger partial charge in [-0.3, -0.25) is 9.69 Å². The van der Waals surface area contributed by atoms with Crippen molar-refractivity contribution in [3.8, 4) is 0 Å². The van der Waals surface area contributed by atoms with Crippen LogP contribution in [0.1, 0.15) is 30.7 Å². The highest BCUT2D eigenvalue weighted by Gasteiger charge is 2.32. The van der Waals surface area contributed by atoms with Gasteiger partial charge < -0.3 is 10.0 Å². The Morgan fingerprint density at radius 2 is 1.90 bits per heavy atom. The van der Waals surface area contributed by atoms with Crippen molar-refractivity contribution in [3.63, 3.8) is 0 Å². The number of rotatable bonds is 5. The fraction of sp³-hybridized carbons (Fsp3) is 0.588. The van der Waals surface area contributed by atoms with Gasteiger partial charge in [0.2, 0.25) is 0 Å². The second kappa shape index (κ2) is 6.58. The van der Waals surface area contributed by atoms with Gasteiger partial charge in [-0.25, -0.2) is 0 Å². The molecule has 2 atom stereocenters. The highest BCUT2D eigenvalue weighted by Crippen LogP contribution is 2.24. The number of hydrogen-bond donors (Lipinski definition) is 1. The molecule has 1 aromatic rings. The minimum Gasteiger partial charge on any atom is -0.481 e. The topological polar surface area (TPSA) is 43.8 Å². The predicted octanol–water partition coefficient (Wildman–Crippen LogP) is 2.02. The van der Waals surface area contributed by atoms with Crippen LogP contribution in [0.5, 0.6) is 0 Å². The third-order valence-corrected chi connectivity index (χ3v) is 4.85. The zero-order chi connectivity index (χ0) is 14.7. The van der Waals surface area contributed by atoms with Crippen molar-refractivity contribution in [2.45, 2.75) is 31.2 Å². The van der Waals surface area contributed by atoms with E-state index in [-0.39, 0.29) is 0 Å². The molecule has 114 valence electrons. The van der Waals surface area contributed by atoms with Crippen molar-refractivity contribution in [2.75, 3.05) is 32.7 Å². The van der Waals surface area contributed by atoms with Gasteiger partial charge in [0, 0.05) is 19.1 Å². The van der Waals surface area contributed by atoms with Crippen molar-refractivity contribution in [1.82, 2.24) is 9.80 Å². The first kappa shape index (κ1) is 14.5. The lowest BCUT2D eigenvalue weighted by Gasteiger charge is -2.25. The first-order valence-electron chi connectivity index (χ1n) is 7.98. The summed E-state index contributed by atoms with van der Waals surface area (Å²) in [6.07, 6.45) is 3.82. The molecule has 2 heterocycles. The Kier molecular flexibility index (Phi) is 4.56. The predicted molar refractivity (Wildman–Crippen MR) is 82.5 cm³/mol. The van der Waals surface area contributed by atoms with E-state index >= 15 is 0 Å². The quantitative estimate of drug-likeness (QED) is 0.900. The first-order valence-corrected chi connectivity index (χ1v) is 7.98. The SMILES string of the molecule is O=C(O)C(CN1CCC(N2CCCC2)C1)c1ccccc1. The second-order valence-electron chi connectivity index (χ2n) is 6.25. The monoisotopic (exact) mass is 288 g/mol. The average Bonchev–Trinajstić information content (AvgIpc) is 3.16. The number of carboxylic acid groups (broad SMARTS) is 1. The standard InChI is InChI=1S/C17H24N2O2/c20-17(21)16(14-6-2-1-3-7-14)13-18-11-8-15(12-18)19-9-4-5-10-19/h1-3,6-7,15-16H,4-5,8-13H2,(H,20,21). The minimum absolute atomic E-state index is 0.413. The highest BCUT2D eigenvalue weighted by atomic mass is 16.4. The molecule has 0 amide bonds. The summed E-state index contributed by atoms with van der Waals surface area (Å²) >= 11 is 0. The van der Waals surface area contributed by atoms with E-state index in [1.807, 2.05) is 30.3 Å². The van der Waals surface area contributed by atoms with Gasteiger partial charge in [-0.1, -0.05) is 30.3 Å². The second-order valence-corrected chi connectivity index (χ2v) is 6.25. The maximum absolute atomic E-state index is 11.6. The van der Waals surface area contributed by atoms with E-state index in [4.69, 9.17) is 0 Å². The van der Waals surface area contributed by atoms with E-state index in [1.165, 1.54) is 32.4 Å². The van der Waals surface area contributed by atoms with Gasteiger partial charge in [0.05, 0.1) is 5.92 Å². The number of hydrogen-bond acceptors (Lipinski definition) is 3. The average molecular weight is 288 g/mol. The summed E-state index contributed by atoms with van der Waals surface area (Å²) in [6.45, 7) is 5.12. The molecule has 1 N–H and O–H groups in total. The van der Waals surface area contributed by atoms with Gasteiger partial charge in [0.25, 0.3) is 0 Å². The van der Waals surface area contributed by atoms with Gasteiger partial charge in [-0.2, -0.15) is 0 Å². The molecule has 2 fully saturated rings. The van der Waals surface area contributed by atoms with Crippen molar-refractivity contribution in [1.29, 1.82) is 0 Å². The van der Waals surface area contributed by atoms with Crippen LogP contribution in [0.15, 0.2) is 30.3 Å². The number of nitrogens with zero attached hydrogens (tertiary/aromatic N) is 2. The number of likely N-dealkylation sites (tertiary alicyclic amines) is 2. The van der Waals surface area contributed by atoms with Crippen LogP contribution in [0.4, 0.5) is 0 Å². The summed E-state index contributed by atoms with van der Waals surface area (Å²) in [5, 5.41) is 9.53. The lowest BCUT2D eigenvalue weighted by Crippen LogP contribution is -2.37. The fourth-order valence-corrected chi connectivity index (χ4v) is 3.65. The molecule has 0 radical (unpaired) electrons. The van der Waals surface area contributed by atoms with Crippen molar-refractivity contribution >= 4 is 5.97 Å². The number of carboxylic acids is 1. The van der Waals surface area contributed by atoms with E-state index in [2.05, 4.69) is 9.80 Å². The van der Waals surface area contributed by atoms with Gasteiger partial charge in [-0.15, -0.1) is 0 Å². The lowest BCUT2D eigenvalue weighted by atomic mass is 9.99. The van der Waals surface area contributed by atoms with Crippen LogP contribution < -0.4 is 0 Å². The van der Waals surface area contributed by atoms with E-state index < -0.39 is 11.9 Å². The van der Waals surface area contributed by atoms with Crippen LogP contribution in [-0.4, -0.2) is 59.6 Å². The van der Waals surface area contributed by atoms with E-state index in [0.29, 0.717) is 12.6 Å². The molecule has 3 rings (SSSR count). The molecular weight excluding hydrogens is 264 g/mol. The molecule has 2 unspecified atom stereocenters. The summed E-state index contributed by atoms with van der Waals surface area (Å²) in [6, 6.07) is 10.3. The van der Waals surface area contributed by atoms with Crippen molar-refractivity contribution in [3.05, 3.63) is 35.9 Å². The summed E-state index contributed by atoms with van der Waals surface area (Å²) < 4.78 is 0. The summed E-state index contributed by atoms with van der Waals surface area (Å²) in [5.41, 5.74) is 0.912. The van der Waals surface area contributed by atoms with Crippen molar-refractivity contribution < 1.29 is 9.90 Å². The molecule has 21 heavy (non-hydrogen) atoms. The summed E-state index contributed by atoms with van der Waals surface area (Å²) in [7, 11) is 0. The van der Waals surface area contributed by atoms with E-state index in [9.17, 15) is 9.90 Å². The minimum atomic E-state index is -0.717. The Hall–Kier alpha value is -1.39. The number of carbonyl (C=O) groups is 1. The molecular formula is C17H24N2O2. The zero-order valence-electron chi connectivity index (χ0n) is 12.4. The third-order valence-electron chi connectivity index (χ3n) is 4.85. The fourth-order valence-electron chi connectivity index (χ4n) is 3.65. The molecule has 0 bridgehead atoms. The molecule has 0 spiro atoms. The number of benzene rings is 1. The molecule has 4 nitrogen and oxygen atoms in total. The Morgan fingerprint density at radius 1 is 1.19 bits per heavy atom.